The maximum absolute atomic E-state index is 13.3. The number of unbranched alkanes of at least 4 members (excludes halogenated alkanes) is 15. The van der Waals surface area contributed by atoms with Crippen molar-refractivity contribution in [2.75, 3.05) is 19.3 Å². The minimum atomic E-state index is -0.198. The van der Waals surface area contributed by atoms with E-state index in [2.05, 4.69) is 6.92 Å². The van der Waals surface area contributed by atoms with E-state index in [0.29, 0.717) is 29.1 Å². The molecule has 3 aromatic rings. The minimum absolute atomic E-state index is 0.00548. The van der Waals surface area contributed by atoms with E-state index in [4.69, 9.17) is 10.5 Å². The molecule has 0 aliphatic carbocycles. The third-order valence-electron chi connectivity index (χ3n) is 8.01. The third kappa shape index (κ3) is 10.9. The zero-order valence-electron chi connectivity index (χ0n) is 25.5. The Hall–Kier alpha value is -3.21. The van der Waals surface area contributed by atoms with Crippen LogP contribution >= 0.6 is 0 Å². The van der Waals surface area contributed by atoms with Crippen LogP contribution in [0.15, 0.2) is 54.6 Å². The molecule has 0 saturated carbocycles. The highest BCUT2D eigenvalue weighted by Crippen LogP contribution is 2.38. The Balaban J connectivity index is 1.37. The van der Waals surface area contributed by atoms with Gasteiger partial charge in [0.05, 0.1) is 5.56 Å². The number of phenols is 1. The van der Waals surface area contributed by atoms with Crippen LogP contribution in [0.2, 0.25) is 0 Å². The number of hydrogen-bond acceptors (Lipinski definition) is 4. The second-order valence-electron chi connectivity index (χ2n) is 11.5. The summed E-state index contributed by atoms with van der Waals surface area (Å²) in [4.78, 5) is 15.1. The van der Waals surface area contributed by atoms with Gasteiger partial charge in [0, 0.05) is 30.1 Å². The first-order chi connectivity index (χ1) is 20.0. The molecule has 0 bridgehead atoms. The predicted octanol–water partition coefficient (Wildman–Crippen LogP) is 10.3. The van der Waals surface area contributed by atoms with E-state index in [1.54, 1.807) is 35.2 Å². The molecule has 3 aromatic carbocycles. The number of nitrogens with zero attached hydrogens (tertiary/aromatic N) is 1. The van der Waals surface area contributed by atoms with Crippen molar-refractivity contribution in [2.24, 2.45) is 0 Å². The van der Waals surface area contributed by atoms with E-state index in [0.717, 1.165) is 18.2 Å². The zero-order valence-corrected chi connectivity index (χ0v) is 25.5. The SMILES string of the molecule is CCCCCCCCCCCCCCCCCCN(C)C(=O)c1cc(Oc2ccc(N)cc2)c2ccccc2c1O. The molecule has 0 unspecified atom stereocenters. The standard InChI is InChI=1S/C36H52N2O3/c1-3-4-5-6-7-8-9-10-11-12-13-14-15-16-17-20-27-38(2)36(40)33-28-34(41-30-25-23-29(37)24-26-30)31-21-18-19-22-32(31)35(33)39/h18-19,21-26,28,39H,3-17,20,27,37H2,1-2H3. The average Bonchev–Trinajstić information content (AvgIpc) is 2.99. The number of nitrogens with two attached hydrogens (primary N) is 1. The Morgan fingerprint density at radius 1 is 0.732 bits per heavy atom. The lowest BCUT2D eigenvalue weighted by molar-refractivity contribution is 0.0789. The molecule has 0 aliphatic heterocycles. The number of amides is 1. The van der Waals surface area contributed by atoms with Crippen molar-refractivity contribution in [3.8, 4) is 17.2 Å². The molecule has 0 aromatic heterocycles. The molecule has 0 spiro atoms. The first-order valence-corrected chi connectivity index (χ1v) is 16.0. The molecule has 0 fully saturated rings. The number of nitrogen functional groups attached to an aromatic ring is 1. The number of rotatable bonds is 20. The van der Waals surface area contributed by atoms with Crippen LogP contribution in [0.1, 0.15) is 120 Å². The molecule has 5 nitrogen and oxygen atoms in total. The summed E-state index contributed by atoms with van der Waals surface area (Å²) in [5, 5.41) is 12.3. The third-order valence-corrected chi connectivity index (χ3v) is 8.01. The number of carbonyl (C=O) groups excluding carboxylic acids is 1. The van der Waals surface area contributed by atoms with Gasteiger partial charge in [-0.15, -0.1) is 0 Å². The summed E-state index contributed by atoms with van der Waals surface area (Å²) in [6, 6.07) is 16.2. The summed E-state index contributed by atoms with van der Waals surface area (Å²) >= 11 is 0. The summed E-state index contributed by atoms with van der Waals surface area (Å²) in [5.41, 5.74) is 6.72. The van der Waals surface area contributed by atoms with Gasteiger partial charge in [0.15, 0.2) is 0 Å². The Labute approximate surface area is 248 Å². The molecular formula is C36H52N2O3. The number of fused-ring (bicyclic) bond motifs is 1. The summed E-state index contributed by atoms with van der Waals surface area (Å²) in [6.45, 7) is 2.94. The molecule has 0 radical (unpaired) electrons. The lowest BCUT2D eigenvalue weighted by Crippen LogP contribution is -2.27. The Kier molecular flexibility index (Phi) is 14.4. The molecule has 0 aliphatic rings. The van der Waals surface area contributed by atoms with Gasteiger partial charge in [-0.05, 0) is 36.8 Å². The minimum Gasteiger partial charge on any atom is -0.506 e. The quantitative estimate of drug-likeness (QED) is 0.106. The van der Waals surface area contributed by atoms with E-state index >= 15 is 0 Å². The fourth-order valence-corrected chi connectivity index (χ4v) is 5.44. The first kappa shape index (κ1) is 32.3. The number of ether oxygens (including phenoxy) is 1. The number of phenolic OH excluding ortho intramolecular Hbond substituents is 1. The van der Waals surface area contributed by atoms with E-state index in [1.165, 1.54) is 89.9 Å². The second kappa shape index (κ2) is 18.3. The Morgan fingerprint density at radius 3 is 1.76 bits per heavy atom. The second-order valence-corrected chi connectivity index (χ2v) is 11.5. The van der Waals surface area contributed by atoms with Crippen molar-refractivity contribution in [1.29, 1.82) is 0 Å². The van der Waals surface area contributed by atoms with Gasteiger partial charge in [0.25, 0.3) is 5.91 Å². The van der Waals surface area contributed by atoms with E-state index < -0.39 is 0 Å². The van der Waals surface area contributed by atoms with Gasteiger partial charge >= 0.3 is 0 Å². The number of hydrogen-bond donors (Lipinski definition) is 2. The number of carbonyl (C=O) groups is 1. The van der Waals surface area contributed by atoms with E-state index in [9.17, 15) is 9.90 Å². The topological polar surface area (TPSA) is 75.8 Å². The van der Waals surface area contributed by atoms with Gasteiger partial charge in [-0.3, -0.25) is 4.79 Å². The maximum Gasteiger partial charge on any atom is 0.257 e. The van der Waals surface area contributed by atoms with Crippen molar-refractivity contribution in [1.82, 2.24) is 4.90 Å². The van der Waals surface area contributed by atoms with E-state index in [-0.39, 0.29) is 17.2 Å². The molecule has 224 valence electrons. The van der Waals surface area contributed by atoms with Gasteiger partial charge in [-0.2, -0.15) is 0 Å². The highest BCUT2D eigenvalue weighted by molar-refractivity contribution is 6.05. The van der Waals surface area contributed by atoms with Crippen LogP contribution in [0.4, 0.5) is 5.69 Å². The molecule has 41 heavy (non-hydrogen) atoms. The summed E-state index contributed by atoms with van der Waals surface area (Å²) < 4.78 is 6.13. The van der Waals surface area contributed by atoms with Crippen LogP contribution in [0.3, 0.4) is 0 Å². The van der Waals surface area contributed by atoms with Crippen molar-refractivity contribution < 1.29 is 14.6 Å². The van der Waals surface area contributed by atoms with Crippen molar-refractivity contribution in [2.45, 2.75) is 110 Å². The summed E-state index contributed by atoms with van der Waals surface area (Å²) in [5.74, 6) is 0.947. The molecule has 3 rings (SSSR count). The monoisotopic (exact) mass is 560 g/mol. The molecule has 5 heteroatoms. The molecule has 0 heterocycles. The van der Waals surface area contributed by atoms with Crippen LogP contribution in [0.5, 0.6) is 17.2 Å². The summed E-state index contributed by atoms with van der Waals surface area (Å²) in [6.07, 6.45) is 21.2. The average molecular weight is 561 g/mol. The molecule has 3 N–H and O–H groups in total. The van der Waals surface area contributed by atoms with Crippen LogP contribution in [-0.2, 0) is 0 Å². The highest BCUT2D eigenvalue weighted by Gasteiger charge is 2.21. The normalized spacial score (nSPS) is 11.2. The van der Waals surface area contributed by atoms with Gasteiger partial charge in [0.1, 0.15) is 17.2 Å². The van der Waals surface area contributed by atoms with Crippen LogP contribution in [-0.4, -0.2) is 29.5 Å². The fraction of sp³-hybridized carbons (Fsp3) is 0.528. The van der Waals surface area contributed by atoms with Crippen LogP contribution in [0.25, 0.3) is 10.8 Å². The summed E-state index contributed by atoms with van der Waals surface area (Å²) in [7, 11) is 1.81. The number of benzene rings is 3. The number of aromatic hydroxyl groups is 1. The lowest BCUT2D eigenvalue weighted by Gasteiger charge is -2.20. The Bertz CT molecular complexity index is 1180. The highest BCUT2D eigenvalue weighted by atomic mass is 16.5. The molecule has 1 amide bonds. The smallest absolute Gasteiger partial charge is 0.257 e. The molecule has 0 atom stereocenters. The predicted molar refractivity (Wildman–Crippen MR) is 173 cm³/mol. The maximum atomic E-state index is 13.3. The molecular weight excluding hydrogens is 508 g/mol. The number of anilines is 1. The van der Waals surface area contributed by atoms with Crippen LogP contribution in [0, 0.1) is 0 Å². The van der Waals surface area contributed by atoms with Crippen molar-refractivity contribution in [3.63, 3.8) is 0 Å². The largest absolute Gasteiger partial charge is 0.506 e. The fourth-order valence-electron chi connectivity index (χ4n) is 5.44. The van der Waals surface area contributed by atoms with Gasteiger partial charge in [-0.25, -0.2) is 0 Å². The van der Waals surface area contributed by atoms with Gasteiger partial charge < -0.3 is 20.5 Å². The first-order valence-electron chi connectivity index (χ1n) is 16.0. The van der Waals surface area contributed by atoms with Crippen molar-refractivity contribution in [3.05, 3.63) is 60.2 Å². The zero-order chi connectivity index (χ0) is 29.3. The van der Waals surface area contributed by atoms with Gasteiger partial charge in [-0.1, -0.05) is 128 Å². The van der Waals surface area contributed by atoms with Crippen LogP contribution < -0.4 is 10.5 Å². The Morgan fingerprint density at radius 2 is 1.22 bits per heavy atom. The van der Waals surface area contributed by atoms with Gasteiger partial charge in [0.2, 0.25) is 0 Å². The molecule has 0 saturated heterocycles. The van der Waals surface area contributed by atoms with Crippen molar-refractivity contribution >= 4 is 22.4 Å². The van der Waals surface area contributed by atoms with E-state index in [1.807, 2.05) is 31.3 Å². The lowest BCUT2D eigenvalue weighted by atomic mass is 10.0.